The van der Waals surface area contributed by atoms with Crippen molar-refractivity contribution in [3.05, 3.63) is 23.3 Å². The zero-order valence-corrected chi connectivity index (χ0v) is 20.8. The van der Waals surface area contributed by atoms with Gasteiger partial charge in [-0.1, -0.05) is 52.3 Å². The molecule has 0 aliphatic heterocycles. The van der Waals surface area contributed by atoms with Gasteiger partial charge < -0.3 is 20.4 Å². The first-order valence-corrected chi connectivity index (χ1v) is 13.1. The molecule has 3 fully saturated rings. The van der Waals surface area contributed by atoms with Crippen molar-refractivity contribution >= 4 is 5.78 Å². The van der Waals surface area contributed by atoms with Crippen LogP contribution in [0.5, 0.6) is 0 Å². The molecule has 5 heteroatoms. The van der Waals surface area contributed by atoms with E-state index in [0.29, 0.717) is 42.6 Å². The fourth-order valence-electron chi connectivity index (χ4n) is 8.86. The lowest BCUT2D eigenvalue weighted by molar-refractivity contribution is -0.199. The molecule has 4 N–H and O–H groups in total. The number of hydrogen-bond acceptors (Lipinski definition) is 5. The van der Waals surface area contributed by atoms with Crippen LogP contribution in [0.25, 0.3) is 0 Å². The number of carbonyl (C=O) groups excluding carboxylic acids is 1. The smallest absolute Gasteiger partial charge is 0.170 e. The van der Waals surface area contributed by atoms with E-state index in [1.54, 1.807) is 6.08 Å². The number of aliphatic hydroxyl groups is 4. The SMILES string of the molecule is CC(C)[C@H](C)[C@H](O)[C@H]1C[C@@]23CC(=O)[C@@]4(O)C(=C2CC[C@H]3[C@@H]1C)C=C[C@@]1(O)C[C@H](O)CC[C@@]41C. The van der Waals surface area contributed by atoms with Crippen molar-refractivity contribution in [3.8, 4) is 0 Å². The molecule has 3 saturated carbocycles. The molecule has 1 spiro atoms. The lowest BCUT2D eigenvalue weighted by atomic mass is 9.46. The Hall–Kier alpha value is -1.01. The van der Waals surface area contributed by atoms with Crippen LogP contribution in [-0.2, 0) is 4.79 Å². The van der Waals surface area contributed by atoms with Gasteiger partial charge in [0.05, 0.1) is 17.8 Å². The van der Waals surface area contributed by atoms with E-state index in [2.05, 4.69) is 27.7 Å². The molecule has 0 bridgehead atoms. The molecule has 0 aromatic rings. The van der Waals surface area contributed by atoms with Gasteiger partial charge in [0.2, 0.25) is 0 Å². The van der Waals surface area contributed by atoms with Gasteiger partial charge in [-0.2, -0.15) is 0 Å². The third-order valence-electron chi connectivity index (χ3n) is 11.4. The summed E-state index contributed by atoms with van der Waals surface area (Å²) in [6.07, 6.45) is 6.47. The molecule has 33 heavy (non-hydrogen) atoms. The summed E-state index contributed by atoms with van der Waals surface area (Å²) in [5, 5.41) is 45.2. The van der Waals surface area contributed by atoms with Gasteiger partial charge in [0.25, 0.3) is 0 Å². The molecular weight excluding hydrogens is 416 g/mol. The van der Waals surface area contributed by atoms with E-state index >= 15 is 0 Å². The molecule has 5 rings (SSSR count). The Kier molecular flexibility index (Phi) is 5.21. The molecule has 0 unspecified atom stereocenters. The topological polar surface area (TPSA) is 98.0 Å². The molecule has 5 nitrogen and oxygen atoms in total. The Labute approximate surface area is 198 Å². The van der Waals surface area contributed by atoms with E-state index in [1.807, 2.05) is 13.0 Å². The zero-order valence-electron chi connectivity index (χ0n) is 20.8. The second-order valence-electron chi connectivity index (χ2n) is 12.8. The number of fused-ring (bicyclic) bond motifs is 3. The van der Waals surface area contributed by atoms with Gasteiger partial charge >= 0.3 is 0 Å². The van der Waals surface area contributed by atoms with Gasteiger partial charge in [-0.3, -0.25) is 4.79 Å². The van der Waals surface area contributed by atoms with E-state index in [9.17, 15) is 25.2 Å². The lowest BCUT2D eigenvalue weighted by Gasteiger charge is -2.60. The van der Waals surface area contributed by atoms with Gasteiger partial charge in [0.15, 0.2) is 11.4 Å². The number of hydrogen-bond donors (Lipinski definition) is 4. The molecule has 0 saturated heterocycles. The molecule has 0 heterocycles. The monoisotopic (exact) mass is 458 g/mol. The fraction of sp³-hybridized carbons (Fsp3) is 0.821. The standard InChI is InChI=1S/C28H42O5/c1-15(2)16(3)24(31)19-13-26-14-23(30)28(33)22(21(26)7-6-20(26)17(19)4)9-11-27(32)12-18(29)8-10-25(27,28)5/h9,11,15-20,24,29,31-33H,6-8,10,12-14H2,1-5H3/t16-,17+,18+,19-,20-,24-,25+,26-,27+,28-/m0/s1. The first-order chi connectivity index (χ1) is 15.3. The van der Waals surface area contributed by atoms with Gasteiger partial charge in [-0.15, -0.1) is 0 Å². The van der Waals surface area contributed by atoms with Crippen molar-refractivity contribution in [2.24, 2.45) is 40.4 Å². The highest BCUT2D eigenvalue weighted by atomic mass is 16.3. The van der Waals surface area contributed by atoms with Crippen LogP contribution in [0.1, 0.15) is 79.6 Å². The number of Topliss-reactive ketones (excluding diaryl/α,β-unsaturated/α-hetero) is 1. The summed E-state index contributed by atoms with van der Waals surface area (Å²) in [5.41, 5.74) is -2.57. The number of allylic oxidation sites excluding steroid dienone is 1. The summed E-state index contributed by atoms with van der Waals surface area (Å²) >= 11 is 0. The molecule has 10 atom stereocenters. The second kappa shape index (κ2) is 7.25. The van der Waals surface area contributed by atoms with Crippen molar-refractivity contribution in [3.63, 3.8) is 0 Å². The average Bonchev–Trinajstić information content (AvgIpc) is 3.23. The van der Waals surface area contributed by atoms with Crippen molar-refractivity contribution in [2.45, 2.75) is 103 Å². The first-order valence-electron chi connectivity index (χ1n) is 13.1. The van der Waals surface area contributed by atoms with E-state index in [0.717, 1.165) is 19.3 Å². The maximum Gasteiger partial charge on any atom is 0.170 e. The van der Waals surface area contributed by atoms with Crippen molar-refractivity contribution in [1.29, 1.82) is 0 Å². The predicted molar refractivity (Wildman–Crippen MR) is 126 cm³/mol. The van der Waals surface area contributed by atoms with Crippen LogP contribution in [0.3, 0.4) is 0 Å². The first kappa shape index (κ1) is 23.7. The lowest BCUT2D eigenvalue weighted by Crippen LogP contribution is -2.70. The summed E-state index contributed by atoms with van der Waals surface area (Å²) in [6.45, 7) is 10.5. The molecular formula is C28H42O5. The minimum atomic E-state index is -1.72. The van der Waals surface area contributed by atoms with E-state index < -0.39 is 28.8 Å². The van der Waals surface area contributed by atoms with E-state index in [4.69, 9.17) is 0 Å². The zero-order chi connectivity index (χ0) is 24.1. The highest BCUT2D eigenvalue weighted by Crippen LogP contribution is 2.70. The van der Waals surface area contributed by atoms with Gasteiger partial charge in [0, 0.05) is 23.7 Å². The van der Waals surface area contributed by atoms with Crippen LogP contribution in [0.2, 0.25) is 0 Å². The van der Waals surface area contributed by atoms with Crippen LogP contribution in [0.15, 0.2) is 23.3 Å². The second-order valence-corrected chi connectivity index (χ2v) is 12.8. The van der Waals surface area contributed by atoms with Crippen LogP contribution >= 0.6 is 0 Å². The van der Waals surface area contributed by atoms with Gasteiger partial charge in [-0.05, 0) is 67.3 Å². The minimum Gasteiger partial charge on any atom is -0.393 e. The number of rotatable bonds is 3. The fourth-order valence-corrected chi connectivity index (χ4v) is 8.86. The Bertz CT molecular complexity index is 921. The molecule has 5 aliphatic carbocycles. The molecule has 0 amide bonds. The third-order valence-corrected chi connectivity index (χ3v) is 11.4. The van der Waals surface area contributed by atoms with Crippen molar-refractivity contribution in [2.75, 3.05) is 0 Å². The average molecular weight is 459 g/mol. The molecule has 0 aromatic carbocycles. The normalized spacial score (nSPS) is 50.7. The predicted octanol–water partition coefficient (Wildman–Crippen LogP) is 3.54. The Morgan fingerprint density at radius 3 is 2.48 bits per heavy atom. The summed E-state index contributed by atoms with van der Waals surface area (Å²) in [6, 6.07) is 0. The van der Waals surface area contributed by atoms with Gasteiger partial charge in [0.1, 0.15) is 0 Å². The van der Waals surface area contributed by atoms with Crippen LogP contribution in [0, 0.1) is 40.4 Å². The minimum absolute atomic E-state index is 0.143. The van der Waals surface area contributed by atoms with E-state index in [1.165, 1.54) is 5.57 Å². The molecule has 5 aliphatic rings. The summed E-state index contributed by atoms with van der Waals surface area (Å²) < 4.78 is 0. The maximum absolute atomic E-state index is 14.0. The number of carbonyl (C=O) groups is 1. The quantitative estimate of drug-likeness (QED) is 0.519. The number of ketones is 1. The van der Waals surface area contributed by atoms with Crippen LogP contribution < -0.4 is 0 Å². The van der Waals surface area contributed by atoms with Crippen LogP contribution in [-0.4, -0.2) is 49.6 Å². The third kappa shape index (κ3) is 2.77. The van der Waals surface area contributed by atoms with Gasteiger partial charge in [-0.25, -0.2) is 0 Å². The van der Waals surface area contributed by atoms with Crippen LogP contribution in [0.4, 0.5) is 0 Å². The Morgan fingerprint density at radius 1 is 1.12 bits per heavy atom. The summed E-state index contributed by atoms with van der Waals surface area (Å²) in [7, 11) is 0. The molecule has 0 radical (unpaired) electrons. The number of aliphatic hydroxyl groups excluding tert-OH is 2. The van der Waals surface area contributed by atoms with Crippen molar-refractivity contribution in [1.82, 2.24) is 0 Å². The summed E-state index contributed by atoms with van der Waals surface area (Å²) in [5.74, 6) is 1.20. The summed E-state index contributed by atoms with van der Waals surface area (Å²) in [4.78, 5) is 14.0. The Morgan fingerprint density at radius 2 is 1.82 bits per heavy atom. The molecule has 0 aromatic heterocycles. The van der Waals surface area contributed by atoms with Crippen molar-refractivity contribution < 1.29 is 25.2 Å². The Balaban J connectivity index is 1.62. The highest BCUT2D eigenvalue weighted by Gasteiger charge is 2.72. The molecule has 184 valence electrons. The van der Waals surface area contributed by atoms with E-state index in [-0.39, 0.29) is 29.5 Å². The highest BCUT2D eigenvalue weighted by molar-refractivity contribution is 5.96. The maximum atomic E-state index is 14.0. The largest absolute Gasteiger partial charge is 0.393 e.